The molecule has 0 aliphatic carbocycles. The summed E-state index contributed by atoms with van der Waals surface area (Å²) >= 11 is 0. The van der Waals surface area contributed by atoms with Gasteiger partial charge in [0.25, 0.3) is 0 Å². The second kappa shape index (κ2) is 43.3. The second-order valence-corrected chi connectivity index (χ2v) is 18.3. The molecule has 0 saturated carbocycles. The molecule has 1 rings (SSSR count). The first-order chi connectivity index (χ1) is 30.3. The molecule has 4 N–H and O–H groups in total. The number of hydrogen-bond acceptors (Lipinski definition) is 10. The van der Waals surface area contributed by atoms with Crippen molar-refractivity contribution in [3.63, 3.8) is 0 Å². The van der Waals surface area contributed by atoms with Crippen molar-refractivity contribution in [3.05, 3.63) is 12.2 Å². The van der Waals surface area contributed by atoms with E-state index in [0.29, 0.717) is 6.42 Å². The van der Waals surface area contributed by atoms with E-state index in [2.05, 4.69) is 26.0 Å². The van der Waals surface area contributed by atoms with Crippen LogP contribution in [0.4, 0.5) is 0 Å². The Kier molecular flexibility index (Phi) is 40.9. The number of carbonyl (C=O) groups excluding carboxylic acids is 2. The number of carbonyl (C=O) groups is 2. The van der Waals surface area contributed by atoms with Gasteiger partial charge >= 0.3 is 11.9 Å². The molecule has 0 bridgehead atoms. The van der Waals surface area contributed by atoms with E-state index in [0.717, 1.165) is 38.5 Å². The zero-order valence-corrected chi connectivity index (χ0v) is 40.1. The van der Waals surface area contributed by atoms with Gasteiger partial charge in [0, 0.05) is 12.8 Å². The average Bonchev–Trinajstić information content (AvgIpc) is 3.27. The molecular formula is C52H98O10. The summed E-state index contributed by atoms with van der Waals surface area (Å²) in [4.78, 5) is 25.5. The summed E-state index contributed by atoms with van der Waals surface area (Å²) in [6.45, 7) is 3.46. The lowest BCUT2D eigenvalue weighted by molar-refractivity contribution is -0.305. The van der Waals surface area contributed by atoms with Gasteiger partial charge in [-0.25, -0.2) is 0 Å². The highest BCUT2D eigenvalue weighted by Crippen LogP contribution is 2.23. The van der Waals surface area contributed by atoms with Crippen molar-refractivity contribution in [2.75, 3.05) is 19.8 Å². The van der Waals surface area contributed by atoms with E-state index in [4.69, 9.17) is 18.9 Å². The molecule has 366 valence electrons. The summed E-state index contributed by atoms with van der Waals surface area (Å²) in [5.41, 5.74) is 0. The zero-order valence-electron chi connectivity index (χ0n) is 40.1. The van der Waals surface area contributed by atoms with Gasteiger partial charge in [-0.2, -0.15) is 0 Å². The van der Waals surface area contributed by atoms with Crippen molar-refractivity contribution in [1.82, 2.24) is 0 Å². The molecule has 10 nitrogen and oxygen atoms in total. The maximum atomic E-state index is 12.8. The number of unbranched alkanes of at least 4 members (excludes halogenated alkanes) is 32. The summed E-state index contributed by atoms with van der Waals surface area (Å²) in [5.74, 6) is -0.793. The third-order valence-corrected chi connectivity index (χ3v) is 12.4. The Bertz CT molecular complexity index is 1020. The normalized spacial score (nSPS) is 19.6. The molecule has 6 atom stereocenters. The summed E-state index contributed by atoms with van der Waals surface area (Å²) < 4.78 is 22.3. The van der Waals surface area contributed by atoms with Gasteiger partial charge in [-0.1, -0.05) is 212 Å². The van der Waals surface area contributed by atoms with E-state index in [-0.39, 0.29) is 32.0 Å². The Morgan fingerprint density at radius 2 is 0.855 bits per heavy atom. The van der Waals surface area contributed by atoms with Gasteiger partial charge in [0.15, 0.2) is 12.4 Å². The predicted molar refractivity (Wildman–Crippen MR) is 252 cm³/mol. The zero-order chi connectivity index (χ0) is 45.1. The summed E-state index contributed by atoms with van der Waals surface area (Å²) in [7, 11) is 0. The van der Waals surface area contributed by atoms with Crippen molar-refractivity contribution < 1.29 is 49.0 Å². The minimum Gasteiger partial charge on any atom is -0.462 e. The van der Waals surface area contributed by atoms with Crippen LogP contribution in [0.1, 0.15) is 251 Å². The first kappa shape index (κ1) is 58.5. The number of esters is 2. The third kappa shape index (κ3) is 33.9. The molecule has 1 fully saturated rings. The molecule has 1 saturated heterocycles. The maximum absolute atomic E-state index is 12.8. The van der Waals surface area contributed by atoms with Crippen molar-refractivity contribution in [2.45, 2.75) is 288 Å². The van der Waals surface area contributed by atoms with Crippen molar-refractivity contribution in [2.24, 2.45) is 0 Å². The number of aliphatic hydroxyl groups is 4. The second-order valence-electron chi connectivity index (χ2n) is 18.3. The van der Waals surface area contributed by atoms with Gasteiger partial charge < -0.3 is 39.4 Å². The van der Waals surface area contributed by atoms with Gasteiger partial charge in [-0.15, -0.1) is 0 Å². The van der Waals surface area contributed by atoms with Crippen molar-refractivity contribution in [3.8, 4) is 0 Å². The Morgan fingerprint density at radius 3 is 1.27 bits per heavy atom. The maximum Gasteiger partial charge on any atom is 0.306 e. The van der Waals surface area contributed by atoms with Crippen LogP contribution in [0.25, 0.3) is 0 Å². The Balaban J connectivity index is 2.24. The quantitative estimate of drug-likeness (QED) is 0.0264. The lowest BCUT2D eigenvalue weighted by atomic mass is 9.99. The molecule has 0 amide bonds. The summed E-state index contributed by atoms with van der Waals surface area (Å²) in [6.07, 6.45) is 40.7. The minimum absolute atomic E-state index is 0.212. The molecule has 0 aromatic rings. The Labute approximate surface area is 380 Å². The highest BCUT2D eigenvalue weighted by molar-refractivity contribution is 5.70. The lowest BCUT2D eigenvalue weighted by Crippen LogP contribution is -2.59. The average molecular weight is 883 g/mol. The SMILES string of the molecule is CCCCCC/C=C/CCCCCCCCCCCC(=O)OC[C@H](CO[C@@H]1O[C@H](CO)[C@H](O)C(O)C1O)OC(=O)CCCCCCCCCCCCCCCCCCCCCC. The number of ether oxygens (including phenoxy) is 4. The number of allylic oxidation sites excluding steroid dienone is 2. The highest BCUT2D eigenvalue weighted by Gasteiger charge is 2.44. The van der Waals surface area contributed by atoms with Crippen LogP contribution in [0, 0.1) is 0 Å². The van der Waals surface area contributed by atoms with E-state index in [9.17, 15) is 30.0 Å². The van der Waals surface area contributed by atoms with Crippen LogP contribution in [-0.2, 0) is 28.5 Å². The van der Waals surface area contributed by atoms with Gasteiger partial charge in [-0.05, 0) is 38.5 Å². The molecule has 1 heterocycles. The fourth-order valence-electron chi connectivity index (χ4n) is 8.24. The van der Waals surface area contributed by atoms with E-state index >= 15 is 0 Å². The van der Waals surface area contributed by atoms with Gasteiger partial charge in [-0.3, -0.25) is 9.59 Å². The molecule has 1 aliphatic rings. The van der Waals surface area contributed by atoms with Crippen LogP contribution < -0.4 is 0 Å². The van der Waals surface area contributed by atoms with Gasteiger partial charge in [0.2, 0.25) is 0 Å². The van der Waals surface area contributed by atoms with Gasteiger partial charge in [0.1, 0.15) is 31.0 Å². The monoisotopic (exact) mass is 883 g/mol. The molecule has 0 radical (unpaired) electrons. The summed E-state index contributed by atoms with van der Waals surface area (Å²) in [5, 5.41) is 40.2. The van der Waals surface area contributed by atoms with Gasteiger partial charge in [0.05, 0.1) is 13.2 Å². The molecule has 10 heteroatoms. The molecule has 1 aliphatic heterocycles. The van der Waals surface area contributed by atoms with Crippen LogP contribution >= 0.6 is 0 Å². The van der Waals surface area contributed by atoms with Crippen LogP contribution in [0.3, 0.4) is 0 Å². The molecule has 0 spiro atoms. The molecule has 0 aromatic carbocycles. The predicted octanol–water partition coefficient (Wildman–Crippen LogP) is 12.3. The largest absolute Gasteiger partial charge is 0.462 e. The molecule has 62 heavy (non-hydrogen) atoms. The molecular weight excluding hydrogens is 785 g/mol. The van der Waals surface area contributed by atoms with Crippen LogP contribution in [0.5, 0.6) is 0 Å². The number of rotatable bonds is 45. The van der Waals surface area contributed by atoms with Crippen LogP contribution in [0.2, 0.25) is 0 Å². The van der Waals surface area contributed by atoms with E-state index < -0.39 is 49.4 Å². The minimum atomic E-state index is -1.59. The van der Waals surface area contributed by atoms with E-state index in [1.165, 1.54) is 180 Å². The first-order valence-electron chi connectivity index (χ1n) is 26.3. The van der Waals surface area contributed by atoms with Crippen molar-refractivity contribution >= 4 is 11.9 Å². The standard InChI is InChI=1S/C52H98O10/c1-3-5-7-9-11-13-15-17-19-21-22-23-25-27-29-31-33-35-37-39-41-48(55)61-45(44-60-52-51(58)50(57)49(56)46(42-53)62-52)43-59-47(54)40-38-36-34-32-30-28-26-24-20-18-16-14-12-10-8-6-4-2/h14,16,45-46,49-53,56-58H,3-13,15,17-44H2,1-2H3/b16-14+/t45-,46-,49+,50?,51?,52-/m1/s1. The molecule has 2 unspecified atom stereocenters. The highest BCUT2D eigenvalue weighted by atomic mass is 16.7. The summed E-state index contributed by atoms with van der Waals surface area (Å²) in [6, 6.07) is 0. The van der Waals surface area contributed by atoms with Crippen molar-refractivity contribution in [1.29, 1.82) is 0 Å². The van der Waals surface area contributed by atoms with E-state index in [1.54, 1.807) is 0 Å². The fraction of sp³-hybridized carbons (Fsp3) is 0.923. The Hall–Kier alpha value is -1.56. The lowest BCUT2D eigenvalue weighted by Gasteiger charge is -2.39. The van der Waals surface area contributed by atoms with Crippen LogP contribution in [0.15, 0.2) is 12.2 Å². The van der Waals surface area contributed by atoms with Crippen LogP contribution in [-0.4, -0.2) is 89.0 Å². The first-order valence-corrected chi connectivity index (χ1v) is 26.3. The number of hydrogen-bond donors (Lipinski definition) is 4. The fourth-order valence-corrected chi connectivity index (χ4v) is 8.24. The van der Waals surface area contributed by atoms with E-state index in [1.807, 2.05) is 0 Å². The molecule has 0 aromatic heterocycles. The smallest absolute Gasteiger partial charge is 0.306 e. The number of aliphatic hydroxyl groups excluding tert-OH is 4. The Morgan fingerprint density at radius 1 is 0.484 bits per heavy atom. The third-order valence-electron chi connectivity index (χ3n) is 12.4. The topological polar surface area (TPSA) is 152 Å².